The number of likely N-dealkylation sites (tertiary alicyclic amines) is 1. The Labute approximate surface area is 132 Å². The van der Waals surface area contributed by atoms with Crippen LogP contribution in [0, 0.1) is 0 Å². The summed E-state index contributed by atoms with van der Waals surface area (Å²) in [6.45, 7) is 6.45. The average molecular weight is 299 g/mol. The lowest BCUT2D eigenvalue weighted by atomic mass is 9.92. The number of piperazine rings is 1. The summed E-state index contributed by atoms with van der Waals surface area (Å²) in [5.41, 5.74) is 1.02. The molecule has 4 heteroatoms. The van der Waals surface area contributed by atoms with Crippen molar-refractivity contribution in [2.75, 3.05) is 46.3 Å². The Balaban J connectivity index is 1.36. The monoisotopic (exact) mass is 299 g/mol. The first kappa shape index (κ1) is 14.2. The van der Waals surface area contributed by atoms with Gasteiger partial charge in [0, 0.05) is 45.3 Å². The van der Waals surface area contributed by atoms with E-state index in [2.05, 4.69) is 33.9 Å². The quantitative estimate of drug-likeness (QED) is 0.838. The van der Waals surface area contributed by atoms with E-state index < -0.39 is 0 Å². The first-order valence-electron chi connectivity index (χ1n) is 8.46. The Hall–Kier alpha value is -1.39. The molecule has 0 spiro atoms. The van der Waals surface area contributed by atoms with Crippen molar-refractivity contribution in [1.82, 2.24) is 14.7 Å². The molecule has 0 unspecified atom stereocenters. The van der Waals surface area contributed by atoms with Crippen LogP contribution in [-0.4, -0.2) is 73.0 Å². The van der Waals surface area contributed by atoms with Crippen LogP contribution in [0.25, 0.3) is 0 Å². The van der Waals surface area contributed by atoms with E-state index in [4.69, 9.17) is 0 Å². The lowest BCUT2D eigenvalue weighted by Gasteiger charge is -2.48. The molecule has 0 N–H and O–H groups in total. The van der Waals surface area contributed by atoms with Crippen molar-refractivity contribution in [1.29, 1.82) is 0 Å². The van der Waals surface area contributed by atoms with Gasteiger partial charge in [-0.3, -0.25) is 9.69 Å². The lowest BCUT2D eigenvalue weighted by Crippen LogP contribution is -2.65. The van der Waals surface area contributed by atoms with Crippen LogP contribution in [0.15, 0.2) is 30.3 Å². The smallest absolute Gasteiger partial charge is 0.233 e. The topological polar surface area (TPSA) is 26.8 Å². The van der Waals surface area contributed by atoms with Crippen molar-refractivity contribution in [3.05, 3.63) is 35.9 Å². The molecule has 1 saturated carbocycles. The zero-order valence-electron chi connectivity index (χ0n) is 13.4. The fraction of sp³-hybridized carbons (Fsp3) is 0.611. The van der Waals surface area contributed by atoms with E-state index in [0.29, 0.717) is 11.9 Å². The summed E-state index contributed by atoms with van der Waals surface area (Å²) in [6, 6.07) is 10.9. The average Bonchev–Trinajstić information content (AvgIpc) is 3.30. The van der Waals surface area contributed by atoms with Gasteiger partial charge in [-0.2, -0.15) is 0 Å². The molecule has 0 atom stereocenters. The second-order valence-corrected chi connectivity index (χ2v) is 7.15. The van der Waals surface area contributed by atoms with Gasteiger partial charge in [-0.05, 0) is 25.5 Å². The van der Waals surface area contributed by atoms with Crippen LogP contribution >= 0.6 is 0 Å². The molecule has 22 heavy (non-hydrogen) atoms. The molecule has 1 aromatic rings. The summed E-state index contributed by atoms with van der Waals surface area (Å²) in [6.07, 6.45) is 2.04. The Kier molecular flexibility index (Phi) is 3.46. The van der Waals surface area contributed by atoms with Crippen molar-refractivity contribution in [2.45, 2.75) is 24.3 Å². The van der Waals surface area contributed by atoms with Gasteiger partial charge in [0.2, 0.25) is 5.91 Å². The van der Waals surface area contributed by atoms with E-state index >= 15 is 0 Å². The molecule has 2 heterocycles. The highest BCUT2D eigenvalue weighted by molar-refractivity contribution is 5.92. The third-order valence-electron chi connectivity index (χ3n) is 5.69. The van der Waals surface area contributed by atoms with Gasteiger partial charge in [0.25, 0.3) is 0 Å². The third-order valence-corrected chi connectivity index (χ3v) is 5.69. The second-order valence-electron chi connectivity index (χ2n) is 7.15. The molecule has 3 aliphatic rings. The number of amides is 1. The zero-order valence-corrected chi connectivity index (χ0v) is 13.4. The van der Waals surface area contributed by atoms with Gasteiger partial charge >= 0.3 is 0 Å². The zero-order chi connectivity index (χ0) is 15.2. The van der Waals surface area contributed by atoms with Crippen LogP contribution in [0.2, 0.25) is 0 Å². The fourth-order valence-corrected chi connectivity index (χ4v) is 3.85. The fourth-order valence-electron chi connectivity index (χ4n) is 3.85. The Morgan fingerprint density at radius 1 is 1.05 bits per heavy atom. The van der Waals surface area contributed by atoms with Crippen LogP contribution in [-0.2, 0) is 10.2 Å². The van der Waals surface area contributed by atoms with Gasteiger partial charge in [-0.25, -0.2) is 0 Å². The van der Waals surface area contributed by atoms with Crippen molar-refractivity contribution < 1.29 is 4.79 Å². The van der Waals surface area contributed by atoms with Crippen LogP contribution < -0.4 is 0 Å². The molecule has 1 aromatic carbocycles. The predicted molar refractivity (Wildman–Crippen MR) is 86.8 cm³/mol. The first-order chi connectivity index (χ1) is 10.7. The Morgan fingerprint density at radius 2 is 1.68 bits per heavy atom. The maximum atomic E-state index is 12.9. The highest BCUT2D eigenvalue weighted by Crippen LogP contribution is 2.50. The molecule has 1 aliphatic carbocycles. The second kappa shape index (κ2) is 5.36. The van der Waals surface area contributed by atoms with Crippen molar-refractivity contribution in [2.24, 2.45) is 0 Å². The number of hydrogen-bond acceptors (Lipinski definition) is 3. The van der Waals surface area contributed by atoms with Crippen molar-refractivity contribution in [3.8, 4) is 0 Å². The number of benzene rings is 1. The largest absolute Gasteiger partial charge is 0.339 e. The molecule has 3 fully saturated rings. The summed E-state index contributed by atoms with van der Waals surface area (Å²) in [5, 5.41) is 0. The van der Waals surface area contributed by atoms with Gasteiger partial charge in [-0.1, -0.05) is 30.3 Å². The molecule has 4 rings (SSSR count). The van der Waals surface area contributed by atoms with Crippen LogP contribution in [0.3, 0.4) is 0 Å². The van der Waals surface area contributed by atoms with Crippen LogP contribution in [0.4, 0.5) is 0 Å². The first-order valence-corrected chi connectivity index (χ1v) is 8.46. The standard InChI is InChI=1S/C18H25N3O/c1-19-9-11-20(12-10-19)16-13-21(14-16)17(22)18(7-8-18)15-5-3-2-4-6-15/h2-6,16H,7-14H2,1H3. The highest BCUT2D eigenvalue weighted by Gasteiger charge is 2.54. The lowest BCUT2D eigenvalue weighted by molar-refractivity contribution is -0.142. The van der Waals surface area contributed by atoms with Crippen molar-refractivity contribution >= 4 is 5.91 Å². The van der Waals surface area contributed by atoms with E-state index in [0.717, 1.165) is 52.1 Å². The van der Waals surface area contributed by atoms with E-state index in [1.807, 2.05) is 18.2 Å². The summed E-state index contributed by atoms with van der Waals surface area (Å²) in [4.78, 5) is 19.9. The maximum Gasteiger partial charge on any atom is 0.233 e. The molecule has 1 amide bonds. The number of rotatable bonds is 3. The van der Waals surface area contributed by atoms with E-state index in [-0.39, 0.29) is 5.41 Å². The minimum atomic E-state index is -0.186. The summed E-state index contributed by atoms with van der Waals surface area (Å²) in [7, 11) is 2.19. The van der Waals surface area contributed by atoms with Crippen molar-refractivity contribution in [3.63, 3.8) is 0 Å². The summed E-state index contributed by atoms with van der Waals surface area (Å²) >= 11 is 0. The molecular formula is C18H25N3O. The molecule has 2 aliphatic heterocycles. The Morgan fingerprint density at radius 3 is 2.27 bits per heavy atom. The normalized spacial score (nSPS) is 25.8. The van der Waals surface area contributed by atoms with E-state index in [1.54, 1.807) is 0 Å². The van der Waals surface area contributed by atoms with Gasteiger partial charge in [0.05, 0.1) is 5.41 Å². The molecule has 4 nitrogen and oxygen atoms in total. The van der Waals surface area contributed by atoms with Crippen LogP contribution in [0.1, 0.15) is 18.4 Å². The third kappa shape index (κ3) is 2.34. The van der Waals surface area contributed by atoms with E-state index in [1.165, 1.54) is 5.56 Å². The number of carbonyl (C=O) groups is 1. The van der Waals surface area contributed by atoms with Gasteiger partial charge in [0.1, 0.15) is 0 Å². The summed E-state index contributed by atoms with van der Waals surface area (Å²) in [5.74, 6) is 0.365. The van der Waals surface area contributed by atoms with E-state index in [9.17, 15) is 4.79 Å². The molecular weight excluding hydrogens is 274 g/mol. The summed E-state index contributed by atoms with van der Waals surface area (Å²) < 4.78 is 0. The molecule has 118 valence electrons. The highest BCUT2D eigenvalue weighted by atomic mass is 16.2. The van der Waals surface area contributed by atoms with Crippen LogP contribution in [0.5, 0.6) is 0 Å². The minimum absolute atomic E-state index is 0.186. The molecule has 0 aromatic heterocycles. The number of nitrogens with zero attached hydrogens (tertiary/aromatic N) is 3. The van der Waals surface area contributed by atoms with Gasteiger partial charge in [0.15, 0.2) is 0 Å². The minimum Gasteiger partial charge on any atom is -0.339 e. The van der Waals surface area contributed by atoms with Gasteiger partial charge in [-0.15, -0.1) is 0 Å². The SMILES string of the molecule is CN1CCN(C2CN(C(=O)C3(c4ccccc4)CC3)C2)CC1. The maximum absolute atomic E-state index is 12.9. The molecule has 2 saturated heterocycles. The molecule has 0 radical (unpaired) electrons. The number of carbonyl (C=O) groups excluding carboxylic acids is 1. The van der Waals surface area contributed by atoms with Gasteiger partial charge < -0.3 is 9.80 Å². The molecule has 0 bridgehead atoms. The number of likely N-dealkylation sites (N-methyl/N-ethyl adjacent to an activating group) is 1. The number of hydrogen-bond donors (Lipinski definition) is 0. The Bertz CT molecular complexity index is 541. The predicted octanol–water partition coefficient (Wildman–Crippen LogP) is 1.18.